The molecule has 1 fully saturated rings. The monoisotopic (exact) mass is 314 g/mol. The van der Waals surface area contributed by atoms with Gasteiger partial charge >= 0.3 is 6.16 Å². The summed E-state index contributed by atoms with van der Waals surface area (Å²) in [5, 5.41) is -0.371. The normalized spacial score (nSPS) is 18.6. The van der Waals surface area contributed by atoms with Gasteiger partial charge in [-0.1, -0.05) is 23.7 Å². The first-order valence-electron chi connectivity index (χ1n) is 6.10. The molecule has 0 radical (unpaired) electrons. The Morgan fingerprint density at radius 3 is 2.57 bits per heavy atom. The van der Waals surface area contributed by atoms with Crippen LogP contribution in [0.5, 0.6) is 0 Å². The van der Waals surface area contributed by atoms with Crippen molar-refractivity contribution in [1.82, 2.24) is 9.97 Å². The average molecular weight is 315 g/mol. The van der Waals surface area contributed by atoms with Gasteiger partial charge in [0, 0.05) is 0 Å². The summed E-state index contributed by atoms with van der Waals surface area (Å²) in [5.74, 6) is -3.38. The van der Waals surface area contributed by atoms with Crippen LogP contribution in [0.4, 0.5) is 13.6 Å². The molecule has 1 unspecified atom stereocenters. The quantitative estimate of drug-likeness (QED) is 0.813. The van der Waals surface area contributed by atoms with E-state index in [0.29, 0.717) is 11.0 Å². The lowest BCUT2D eigenvalue weighted by molar-refractivity contribution is -0.0473. The lowest BCUT2D eigenvalue weighted by atomic mass is 10.1. The zero-order chi connectivity index (χ0) is 15.0. The van der Waals surface area contributed by atoms with Crippen LogP contribution < -0.4 is 0 Å². The molecule has 2 aromatic rings. The third-order valence-electron chi connectivity index (χ3n) is 3.01. The largest absolute Gasteiger partial charge is 0.508 e. The minimum absolute atomic E-state index is 0.215. The SMILES string of the molecule is O=C1OCC(CC(F)(F)c2nc3ccccc3nc2Cl)O1. The Morgan fingerprint density at radius 1 is 1.29 bits per heavy atom. The van der Waals surface area contributed by atoms with Gasteiger partial charge in [0.1, 0.15) is 18.4 Å². The zero-order valence-electron chi connectivity index (χ0n) is 10.6. The van der Waals surface area contributed by atoms with Gasteiger partial charge in [-0.2, -0.15) is 8.78 Å². The van der Waals surface area contributed by atoms with Crippen LogP contribution >= 0.6 is 11.6 Å². The summed E-state index contributed by atoms with van der Waals surface area (Å²) in [4.78, 5) is 18.6. The highest BCUT2D eigenvalue weighted by atomic mass is 35.5. The second-order valence-corrected chi connectivity index (χ2v) is 4.92. The number of rotatable bonds is 3. The molecule has 1 saturated heterocycles. The molecule has 21 heavy (non-hydrogen) atoms. The van der Waals surface area contributed by atoms with Crippen molar-refractivity contribution in [2.45, 2.75) is 18.4 Å². The molecule has 0 amide bonds. The standard InChI is InChI=1S/C13H9ClF2N2O3/c14-11-10(17-8-3-1-2-4-9(8)18-11)13(15,16)5-7-6-20-12(19)21-7/h1-4,7H,5-6H2. The molecule has 0 saturated carbocycles. The van der Waals surface area contributed by atoms with Crippen molar-refractivity contribution in [3.63, 3.8) is 0 Å². The van der Waals surface area contributed by atoms with Gasteiger partial charge in [0.25, 0.3) is 5.92 Å². The van der Waals surface area contributed by atoms with Crippen LogP contribution in [0.25, 0.3) is 11.0 Å². The molecular formula is C13H9ClF2N2O3. The predicted molar refractivity (Wildman–Crippen MR) is 69.3 cm³/mol. The van der Waals surface area contributed by atoms with E-state index in [4.69, 9.17) is 11.6 Å². The molecule has 1 atom stereocenters. The second kappa shape index (κ2) is 5.07. The number of hydrogen-bond acceptors (Lipinski definition) is 5. The Bertz CT molecular complexity index is 711. The fraction of sp³-hybridized carbons (Fsp3) is 0.308. The maximum Gasteiger partial charge on any atom is 0.508 e. The number of carbonyl (C=O) groups is 1. The van der Waals surface area contributed by atoms with Crippen molar-refractivity contribution in [3.8, 4) is 0 Å². The highest BCUT2D eigenvalue weighted by Crippen LogP contribution is 2.37. The van der Waals surface area contributed by atoms with Crippen LogP contribution in [-0.2, 0) is 15.4 Å². The van der Waals surface area contributed by atoms with Crippen LogP contribution in [0.15, 0.2) is 24.3 Å². The lowest BCUT2D eigenvalue weighted by Crippen LogP contribution is -2.25. The van der Waals surface area contributed by atoms with E-state index in [0.717, 1.165) is 0 Å². The Morgan fingerprint density at radius 2 is 1.95 bits per heavy atom. The van der Waals surface area contributed by atoms with E-state index in [1.807, 2.05) is 0 Å². The fourth-order valence-electron chi connectivity index (χ4n) is 2.06. The number of ether oxygens (including phenoxy) is 2. The van der Waals surface area contributed by atoms with Crippen LogP contribution in [-0.4, -0.2) is 28.8 Å². The molecule has 0 spiro atoms. The van der Waals surface area contributed by atoms with E-state index in [1.54, 1.807) is 24.3 Å². The van der Waals surface area contributed by atoms with Crippen LogP contribution in [0, 0.1) is 0 Å². The minimum Gasteiger partial charge on any atom is -0.430 e. The van der Waals surface area contributed by atoms with E-state index in [-0.39, 0.29) is 11.8 Å². The highest BCUT2D eigenvalue weighted by molar-refractivity contribution is 6.30. The number of aromatic nitrogens is 2. The molecule has 5 nitrogen and oxygen atoms in total. The van der Waals surface area contributed by atoms with Crippen LogP contribution in [0.1, 0.15) is 12.1 Å². The summed E-state index contributed by atoms with van der Waals surface area (Å²) in [6.07, 6.45) is -2.74. The second-order valence-electron chi connectivity index (χ2n) is 4.56. The van der Waals surface area contributed by atoms with E-state index in [1.165, 1.54) is 0 Å². The van der Waals surface area contributed by atoms with Crippen molar-refractivity contribution in [1.29, 1.82) is 0 Å². The number of alkyl halides is 2. The molecule has 110 valence electrons. The predicted octanol–water partition coefficient (Wildman–Crippen LogP) is 3.30. The number of para-hydroxylation sites is 2. The summed E-state index contributed by atoms with van der Waals surface area (Å²) < 4.78 is 37.7. The molecule has 0 aliphatic carbocycles. The summed E-state index contributed by atoms with van der Waals surface area (Å²) >= 11 is 5.81. The molecule has 1 aromatic heterocycles. The molecular weight excluding hydrogens is 306 g/mol. The van der Waals surface area contributed by atoms with E-state index < -0.39 is 30.3 Å². The maximum atomic E-state index is 14.3. The van der Waals surface area contributed by atoms with Crippen molar-refractivity contribution < 1.29 is 23.0 Å². The van der Waals surface area contributed by atoms with Crippen molar-refractivity contribution in [2.75, 3.05) is 6.61 Å². The Hall–Kier alpha value is -2.02. The number of halogens is 3. The number of carbonyl (C=O) groups excluding carboxylic acids is 1. The number of nitrogens with zero attached hydrogens (tertiary/aromatic N) is 2. The van der Waals surface area contributed by atoms with Crippen LogP contribution in [0.2, 0.25) is 5.15 Å². The molecule has 1 aromatic carbocycles. The van der Waals surface area contributed by atoms with Gasteiger partial charge in [-0.3, -0.25) is 0 Å². The third kappa shape index (κ3) is 2.73. The van der Waals surface area contributed by atoms with E-state index >= 15 is 0 Å². The van der Waals surface area contributed by atoms with E-state index in [9.17, 15) is 13.6 Å². The van der Waals surface area contributed by atoms with Gasteiger partial charge < -0.3 is 9.47 Å². The maximum absolute atomic E-state index is 14.3. The Balaban J connectivity index is 1.93. The topological polar surface area (TPSA) is 61.3 Å². The Kier molecular flexibility index (Phi) is 3.36. The summed E-state index contributed by atoms with van der Waals surface area (Å²) in [5.41, 5.74) is 0.111. The summed E-state index contributed by atoms with van der Waals surface area (Å²) in [7, 11) is 0. The first-order valence-corrected chi connectivity index (χ1v) is 6.47. The van der Waals surface area contributed by atoms with Crippen molar-refractivity contribution >= 4 is 28.8 Å². The van der Waals surface area contributed by atoms with Gasteiger partial charge in [0.15, 0.2) is 5.15 Å². The Labute approximate surface area is 122 Å². The third-order valence-corrected chi connectivity index (χ3v) is 3.27. The molecule has 3 rings (SSSR count). The molecule has 0 N–H and O–H groups in total. The fourth-order valence-corrected chi connectivity index (χ4v) is 2.33. The van der Waals surface area contributed by atoms with Gasteiger partial charge in [-0.15, -0.1) is 0 Å². The van der Waals surface area contributed by atoms with E-state index in [2.05, 4.69) is 19.4 Å². The summed E-state index contributed by atoms with van der Waals surface area (Å²) in [6, 6.07) is 6.57. The molecule has 1 aliphatic heterocycles. The van der Waals surface area contributed by atoms with Crippen molar-refractivity contribution in [2.24, 2.45) is 0 Å². The lowest BCUT2D eigenvalue weighted by Gasteiger charge is -2.18. The number of benzene rings is 1. The summed E-state index contributed by atoms with van der Waals surface area (Å²) in [6.45, 7) is -0.215. The van der Waals surface area contributed by atoms with Gasteiger partial charge in [-0.05, 0) is 12.1 Å². The van der Waals surface area contributed by atoms with Gasteiger partial charge in [0.2, 0.25) is 0 Å². The zero-order valence-corrected chi connectivity index (χ0v) is 11.3. The number of fused-ring (bicyclic) bond motifs is 1. The van der Waals surface area contributed by atoms with Gasteiger partial charge in [0.05, 0.1) is 17.5 Å². The first-order chi connectivity index (χ1) is 9.95. The smallest absolute Gasteiger partial charge is 0.430 e. The molecule has 1 aliphatic rings. The minimum atomic E-state index is -3.38. The average Bonchev–Trinajstić information content (AvgIpc) is 2.82. The van der Waals surface area contributed by atoms with Crippen LogP contribution in [0.3, 0.4) is 0 Å². The number of hydrogen-bond donors (Lipinski definition) is 0. The molecule has 0 bridgehead atoms. The molecule has 2 heterocycles. The van der Waals surface area contributed by atoms with Gasteiger partial charge in [-0.25, -0.2) is 14.8 Å². The number of cyclic esters (lactones) is 2. The van der Waals surface area contributed by atoms with Crippen molar-refractivity contribution in [3.05, 3.63) is 35.1 Å². The molecule has 8 heteroatoms. The highest BCUT2D eigenvalue weighted by Gasteiger charge is 2.42. The first kappa shape index (κ1) is 13.9.